The van der Waals surface area contributed by atoms with E-state index in [9.17, 15) is 0 Å². The molecule has 0 radical (unpaired) electrons. The normalized spacial score (nSPS) is 23.7. The largest absolute Gasteiger partial charge is 0.313 e. The molecule has 1 aliphatic rings. The summed E-state index contributed by atoms with van der Waals surface area (Å²) in [6, 6.07) is 1.44. The predicted octanol–water partition coefficient (Wildman–Crippen LogP) is 2.57. The first kappa shape index (κ1) is 16.9. The van der Waals surface area contributed by atoms with Crippen LogP contribution in [0.1, 0.15) is 52.9 Å². The minimum absolute atomic E-state index is 0.681. The Morgan fingerprint density at radius 3 is 2.68 bits per heavy atom. The third kappa shape index (κ3) is 6.73. The third-order valence-electron chi connectivity index (χ3n) is 4.49. The minimum Gasteiger partial charge on any atom is -0.313 e. The van der Waals surface area contributed by atoms with Crippen molar-refractivity contribution in [2.24, 2.45) is 0 Å². The van der Waals surface area contributed by atoms with Gasteiger partial charge in [-0.1, -0.05) is 33.1 Å². The van der Waals surface area contributed by atoms with Crippen molar-refractivity contribution in [2.45, 2.75) is 65.0 Å². The fourth-order valence-corrected chi connectivity index (χ4v) is 2.93. The molecule has 0 aromatic rings. The summed E-state index contributed by atoms with van der Waals surface area (Å²) >= 11 is 0. The zero-order valence-electron chi connectivity index (χ0n) is 13.6. The summed E-state index contributed by atoms with van der Waals surface area (Å²) in [7, 11) is 2.26. The molecule has 2 atom stereocenters. The van der Waals surface area contributed by atoms with Gasteiger partial charge in [-0.3, -0.25) is 4.90 Å². The summed E-state index contributed by atoms with van der Waals surface area (Å²) in [6.45, 7) is 13.0. The smallest absolute Gasteiger partial charge is 0.0218 e. The highest BCUT2D eigenvalue weighted by atomic mass is 15.3. The van der Waals surface area contributed by atoms with Gasteiger partial charge in [-0.25, -0.2) is 0 Å². The van der Waals surface area contributed by atoms with E-state index in [1.165, 1.54) is 58.3 Å². The Hall–Kier alpha value is -0.120. The van der Waals surface area contributed by atoms with Gasteiger partial charge in [0, 0.05) is 44.8 Å². The summed E-state index contributed by atoms with van der Waals surface area (Å²) in [6.07, 6.45) is 6.67. The van der Waals surface area contributed by atoms with Crippen molar-refractivity contribution >= 4 is 0 Å². The molecule has 0 aromatic heterocycles. The predicted molar refractivity (Wildman–Crippen MR) is 84.8 cm³/mol. The van der Waals surface area contributed by atoms with E-state index < -0.39 is 0 Å². The van der Waals surface area contributed by atoms with Gasteiger partial charge in [-0.2, -0.15) is 0 Å². The molecule has 0 spiro atoms. The molecule has 19 heavy (non-hydrogen) atoms. The van der Waals surface area contributed by atoms with Gasteiger partial charge in [0.05, 0.1) is 0 Å². The van der Waals surface area contributed by atoms with E-state index in [1.54, 1.807) is 0 Å². The van der Waals surface area contributed by atoms with Gasteiger partial charge in [0.2, 0.25) is 0 Å². The van der Waals surface area contributed by atoms with Crippen LogP contribution in [0, 0.1) is 0 Å². The maximum absolute atomic E-state index is 3.68. The lowest BCUT2D eigenvalue weighted by Gasteiger charge is -2.39. The molecule has 2 unspecified atom stereocenters. The molecule has 1 rings (SSSR count). The van der Waals surface area contributed by atoms with Crippen LogP contribution < -0.4 is 5.32 Å². The van der Waals surface area contributed by atoms with Crippen molar-refractivity contribution in [1.29, 1.82) is 0 Å². The number of rotatable bonds is 9. The molecule has 0 amide bonds. The molecule has 1 saturated heterocycles. The lowest BCUT2D eigenvalue weighted by atomic mass is 10.1. The summed E-state index contributed by atoms with van der Waals surface area (Å²) in [4.78, 5) is 5.14. The monoisotopic (exact) mass is 269 g/mol. The van der Waals surface area contributed by atoms with Gasteiger partial charge in [-0.05, 0) is 26.8 Å². The van der Waals surface area contributed by atoms with Crippen molar-refractivity contribution in [1.82, 2.24) is 15.1 Å². The third-order valence-corrected chi connectivity index (χ3v) is 4.49. The maximum Gasteiger partial charge on any atom is 0.0218 e. The number of likely N-dealkylation sites (N-methyl/N-ethyl adjacent to an activating group) is 1. The van der Waals surface area contributed by atoms with Gasteiger partial charge in [0.1, 0.15) is 0 Å². The highest BCUT2D eigenvalue weighted by Crippen LogP contribution is 2.10. The van der Waals surface area contributed by atoms with E-state index in [1.807, 2.05) is 0 Å². The Kier molecular flexibility index (Phi) is 8.67. The average molecular weight is 269 g/mol. The Morgan fingerprint density at radius 1 is 1.21 bits per heavy atom. The second kappa shape index (κ2) is 9.73. The average Bonchev–Trinajstić information content (AvgIpc) is 2.41. The van der Waals surface area contributed by atoms with E-state index in [4.69, 9.17) is 0 Å². The number of unbranched alkanes of at least 4 members (excludes halogenated alkanes) is 2. The van der Waals surface area contributed by atoms with E-state index in [0.29, 0.717) is 6.04 Å². The van der Waals surface area contributed by atoms with Crippen LogP contribution in [-0.4, -0.2) is 61.7 Å². The molecule has 114 valence electrons. The number of hydrogen-bond acceptors (Lipinski definition) is 3. The molecule has 0 saturated carbocycles. The Labute approximate surface area is 120 Å². The molecule has 0 bridgehead atoms. The van der Waals surface area contributed by atoms with Crippen molar-refractivity contribution < 1.29 is 0 Å². The van der Waals surface area contributed by atoms with E-state index >= 15 is 0 Å². The van der Waals surface area contributed by atoms with Crippen molar-refractivity contribution in [2.75, 3.05) is 39.8 Å². The number of hydrogen-bond donors (Lipinski definition) is 1. The van der Waals surface area contributed by atoms with Crippen LogP contribution in [0.25, 0.3) is 0 Å². The number of nitrogens with zero attached hydrogens (tertiary/aromatic N) is 2. The van der Waals surface area contributed by atoms with Gasteiger partial charge in [-0.15, -0.1) is 0 Å². The molecule has 1 heterocycles. The lowest BCUT2D eigenvalue weighted by molar-refractivity contribution is 0.0934. The summed E-state index contributed by atoms with van der Waals surface area (Å²) in [5.41, 5.74) is 0. The molecule has 0 aliphatic carbocycles. The van der Waals surface area contributed by atoms with E-state index in [2.05, 4.69) is 42.9 Å². The first-order valence-electron chi connectivity index (χ1n) is 8.33. The minimum atomic E-state index is 0.681. The number of piperazine rings is 1. The highest BCUT2D eigenvalue weighted by molar-refractivity contribution is 4.79. The van der Waals surface area contributed by atoms with Crippen LogP contribution in [0.3, 0.4) is 0 Å². The van der Waals surface area contributed by atoms with Crippen LogP contribution >= 0.6 is 0 Å². The summed E-state index contributed by atoms with van der Waals surface area (Å²) < 4.78 is 0. The standard InChI is InChI=1S/C16H35N3/c1-5-7-8-9-15(3)17-10-11-19-13-12-18(4)16(6-2)14-19/h15-17H,5-14H2,1-4H3. The Balaban J connectivity index is 2.08. The van der Waals surface area contributed by atoms with Gasteiger partial charge in [0.15, 0.2) is 0 Å². The topological polar surface area (TPSA) is 18.5 Å². The molecular formula is C16H35N3. The van der Waals surface area contributed by atoms with Crippen LogP contribution in [0.15, 0.2) is 0 Å². The molecule has 0 aromatic carbocycles. The van der Waals surface area contributed by atoms with Crippen LogP contribution in [0.4, 0.5) is 0 Å². The quantitative estimate of drug-likeness (QED) is 0.649. The highest BCUT2D eigenvalue weighted by Gasteiger charge is 2.22. The molecular weight excluding hydrogens is 234 g/mol. The van der Waals surface area contributed by atoms with Gasteiger partial charge < -0.3 is 10.2 Å². The zero-order chi connectivity index (χ0) is 14.1. The van der Waals surface area contributed by atoms with Crippen LogP contribution in [0.5, 0.6) is 0 Å². The van der Waals surface area contributed by atoms with Crippen molar-refractivity contribution in [3.05, 3.63) is 0 Å². The first-order chi connectivity index (χ1) is 9.17. The van der Waals surface area contributed by atoms with E-state index in [0.717, 1.165) is 12.6 Å². The second-order valence-electron chi connectivity index (χ2n) is 6.19. The molecule has 3 heteroatoms. The second-order valence-corrected chi connectivity index (χ2v) is 6.19. The first-order valence-corrected chi connectivity index (χ1v) is 8.33. The molecule has 1 N–H and O–H groups in total. The maximum atomic E-state index is 3.68. The number of nitrogens with one attached hydrogen (secondary N) is 1. The molecule has 1 aliphatic heterocycles. The van der Waals surface area contributed by atoms with E-state index in [-0.39, 0.29) is 0 Å². The fourth-order valence-electron chi connectivity index (χ4n) is 2.93. The Morgan fingerprint density at radius 2 is 2.00 bits per heavy atom. The fraction of sp³-hybridized carbons (Fsp3) is 1.00. The van der Waals surface area contributed by atoms with Gasteiger partial charge in [0.25, 0.3) is 0 Å². The van der Waals surface area contributed by atoms with Crippen molar-refractivity contribution in [3.8, 4) is 0 Å². The Bertz CT molecular complexity index is 220. The van der Waals surface area contributed by atoms with Crippen LogP contribution in [-0.2, 0) is 0 Å². The van der Waals surface area contributed by atoms with Crippen LogP contribution in [0.2, 0.25) is 0 Å². The summed E-state index contributed by atoms with van der Waals surface area (Å²) in [5, 5.41) is 3.68. The SMILES string of the molecule is CCCCCC(C)NCCN1CCN(C)C(CC)C1. The molecule has 1 fully saturated rings. The summed E-state index contributed by atoms with van der Waals surface area (Å²) in [5.74, 6) is 0. The zero-order valence-corrected chi connectivity index (χ0v) is 13.6. The molecule has 3 nitrogen and oxygen atoms in total. The van der Waals surface area contributed by atoms with Gasteiger partial charge >= 0.3 is 0 Å². The lowest BCUT2D eigenvalue weighted by Crippen LogP contribution is -2.52. The van der Waals surface area contributed by atoms with Crippen molar-refractivity contribution in [3.63, 3.8) is 0 Å².